The van der Waals surface area contributed by atoms with Gasteiger partial charge in [0.15, 0.2) is 0 Å². The molecule has 0 atom stereocenters. The third kappa shape index (κ3) is 5.63. The van der Waals surface area contributed by atoms with Crippen molar-refractivity contribution in [1.29, 1.82) is 0 Å². The molecular formula is C19H18ClFN2O3S. The SMILES string of the molecule is O=C(/C=C/c1ccc(S(=O)(=O)NC2CC2)cc1)NCc1ccc(F)c(Cl)c1. The third-order valence-corrected chi connectivity index (χ3v) is 5.79. The van der Waals surface area contributed by atoms with Gasteiger partial charge in [-0.1, -0.05) is 29.8 Å². The van der Waals surface area contributed by atoms with Crippen LogP contribution in [-0.2, 0) is 21.4 Å². The molecule has 0 saturated heterocycles. The van der Waals surface area contributed by atoms with Crippen LogP contribution in [0.15, 0.2) is 53.4 Å². The second kappa shape index (κ2) is 8.21. The Hall–Kier alpha value is -2.22. The van der Waals surface area contributed by atoms with Crippen molar-refractivity contribution in [3.8, 4) is 0 Å². The first-order chi connectivity index (χ1) is 12.8. The van der Waals surface area contributed by atoms with Gasteiger partial charge in [-0.2, -0.15) is 0 Å². The lowest BCUT2D eigenvalue weighted by Crippen LogP contribution is -2.25. The average molecular weight is 409 g/mol. The normalized spacial score (nSPS) is 14.4. The molecule has 27 heavy (non-hydrogen) atoms. The Morgan fingerprint density at radius 1 is 1.19 bits per heavy atom. The maximum Gasteiger partial charge on any atom is 0.244 e. The number of amides is 1. The van der Waals surface area contributed by atoms with Gasteiger partial charge < -0.3 is 5.32 Å². The number of hydrogen-bond acceptors (Lipinski definition) is 3. The van der Waals surface area contributed by atoms with Crippen LogP contribution in [0.25, 0.3) is 6.08 Å². The van der Waals surface area contributed by atoms with Gasteiger partial charge in [-0.15, -0.1) is 0 Å². The Bertz CT molecular complexity index is 971. The van der Waals surface area contributed by atoms with Gasteiger partial charge in [0.1, 0.15) is 5.82 Å². The molecule has 2 N–H and O–H groups in total. The summed E-state index contributed by atoms with van der Waals surface area (Å²) in [6.07, 6.45) is 4.67. The molecule has 2 aromatic carbocycles. The van der Waals surface area contributed by atoms with Gasteiger partial charge in [-0.25, -0.2) is 17.5 Å². The molecule has 142 valence electrons. The molecule has 1 aliphatic carbocycles. The van der Waals surface area contributed by atoms with Gasteiger partial charge >= 0.3 is 0 Å². The summed E-state index contributed by atoms with van der Waals surface area (Å²) in [6.45, 7) is 0.215. The smallest absolute Gasteiger partial charge is 0.244 e. The number of nitrogens with one attached hydrogen (secondary N) is 2. The Balaban J connectivity index is 1.55. The topological polar surface area (TPSA) is 75.3 Å². The highest BCUT2D eigenvalue weighted by Gasteiger charge is 2.27. The molecule has 0 unspecified atom stereocenters. The molecule has 5 nitrogen and oxygen atoms in total. The molecule has 0 heterocycles. The van der Waals surface area contributed by atoms with E-state index in [1.165, 1.54) is 30.3 Å². The lowest BCUT2D eigenvalue weighted by Gasteiger charge is -2.05. The van der Waals surface area contributed by atoms with Crippen LogP contribution in [0, 0.1) is 5.82 Å². The largest absolute Gasteiger partial charge is 0.348 e. The first-order valence-corrected chi connectivity index (χ1v) is 10.2. The van der Waals surface area contributed by atoms with E-state index in [1.807, 2.05) is 0 Å². The molecule has 1 aliphatic rings. The minimum atomic E-state index is -3.48. The van der Waals surface area contributed by atoms with Crippen molar-refractivity contribution in [2.24, 2.45) is 0 Å². The molecule has 0 aromatic heterocycles. The van der Waals surface area contributed by atoms with Crippen LogP contribution < -0.4 is 10.0 Å². The number of hydrogen-bond donors (Lipinski definition) is 2. The number of halogens is 2. The fourth-order valence-electron chi connectivity index (χ4n) is 2.32. The molecule has 0 radical (unpaired) electrons. The van der Waals surface area contributed by atoms with E-state index in [0.29, 0.717) is 11.1 Å². The number of rotatable bonds is 7. The molecule has 2 aromatic rings. The summed E-state index contributed by atoms with van der Waals surface area (Å²) in [5, 5.41) is 2.67. The minimum absolute atomic E-state index is 0.00325. The monoisotopic (exact) mass is 408 g/mol. The Morgan fingerprint density at radius 3 is 2.52 bits per heavy atom. The van der Waals surface area contributed by atoms with Crippen molar-refractivity contribution in [2.45, 2.75) is 30.3 Å². The lowest BCUT2D eigenvalue weighted by molar-refractivity contribution is -0.116. The Labute approximate surface area is 162 Å². The zero-order valence-corrected chi connectivity index (χ0v) is 15.9. The van der Waals surface area contributed by atoms with E-state index in [4.69, 9.17) is 11.6 Å². The van der Waals surface area contributed by atoms with Crippen molar-refractivity contribution in [1.82, 2.24) is 10.0 Å². The van der Waals surface area contributed by atoms with Crippen LogP contribution in [0.4, 0.5) is 4.39 Å². The number of sulfonamides is 1. The lowest BCUT2D eigenvalue weighted by atomic mass is 10.2. The highest BCUT2D eigenvalue weighted by Crippen LogP contribution is 2.22. The summed E-state index contributed by atoms with van der Waals surface area (Å²) in [5.74, 6) is -0.841. The quantitative estimate of drug-likeness (QED) is 0.690. The summed E-state index contributed by atoms with van der Waals surface area (Å²) in [4.78, 5) is 12.1. The second-order valence-corrected chi connectivity index (χ2v) is 8.39. The number of carbonyl (C=O) groups is 1. The van der Waals surface area contributed by atoms with E-state index in [0.717, 1.165) is 12.8 Å². The fourth-order valence-corrected chi connectivity index (χ4v) is 3.82. The predicted octanol–water partition coefficient (Wildman–Crippen LogP) is 3.25. The van der Waals surface area contributed by atoms with Gasteiger partial charge in [-0.05, 0) is 54.3 Å². The van der Waals surface area contributed by atoms with Crippen molar-refractivity contribution in [2.75, 3.05) is 0 Å². The van der Waals surface area contributed by atoms with Crippen molar-refractivity contribution in [3.63, 3.8) is 0 Å². The standard InChI is InChI=1S/C19H18ClFN2O3S/c20-17-11-14(3-9-18(17)21)12-22-19(24)10-4-13-1-7-16(8-2-13)27(25,26)23-15-5-6-15/h1-4,7-11,15,23H,5-6,12H2,(H,22,24)/b10-4+. The van der Waals surface area contributed by atoms with E-state index in [1.54, 1.807) is 24.3 Å². The van der Waals surface area contributed by atoms with Gasteiger partial charge in [0.2, 0.25) is 15.9 Å². The van der Waals surface area contributed by atoms with E-state index in [9.17, 15) is 17.6 Å². The zero-order valence-electron chi connectivity index (χ0n) is 14.3. The van der Waals surface area contributed by atoms with Gasteiger partial charge in [-0.3, -0.25) is 4.79 Å². The minimum Gasteiger partial charge on any atom is -0.348 e. The Morgan fingerprint density at radius 2 is 1.89 bits per heavy atom. The van der Waals surface area contributed by atoms with Crippen LogP contribution in [0.3, 0.4) is 0 Å². The fraction of sp³-hybridized carbons (Fsp3) is 0.211. The molecule has 8 heteroatoms. The van der Waals surface area contributed by atoms with E-state index in [2.05, 4.69) is 10.0 Å². The van der Waals surface area contributed by atoms with Gasteiger partial charge in [0, 0.05) is 18.7 Å². The average Bonchev–Trinajstić information content (AvgIpc) is 3.44. The van der Waals surface area contributed by atoms with Crippen LogP contribution in [0.5, 0.6) is 0 Å². The van der Waals surface area contributed by atoms with Crippen LogP contribution in [-0.4, -0.2) is 20.4 Å². The molecular weight excluding hydrogens is 391 g/mol. The van der Waals surface area contributed by atoms with Gasteiger partial charge in [0.05, 0.1) is 9.92 Å². The van der Waals surface area contributed by atoms with E-state index >= 15 is 0 Å². The molecule has 0 aliphatic heterocycles. The molecule has 0 spiro atoms. The summed E-state index contributed by atoms with van der Waals surface area (Å²) >= 11 is 5.70. The van der Waals surface area contributed by atoms with Crippen molar-refractivity contribution >= 4 is 33.6 Å². The van der Waals surface area contributed by atoms with Crippen molar-refractivity contribution in [3.05, 3.63) is 70.5 Å². The maximum absolute atomic E-state index is 13.1. The molecule has 1 fully saturated rings. The summed E-state index contributed by atoms with van der Waals surface area (Å²) in [6, 6.07) is 10.6. The first-order valence-electron chi connectivity index (χ1n) is 8.36. The van der Waals surface area contributed by atoms with E-state index in [-0.39, 0.29) is 28.4 Å². The van der Waals surface area contributed by atoms with Crippen LogP contribution >= 0.6 is 11.6 Å². The molecule has 1 saturated carbocycles. The maximum atomic E-state index is 13.1. The van der Waals surface area contributed by atoms with Crippen LogP contribution in [0.1, 0.15) is 24.0 Å². The second-order valence-electron chi connectivity index (χ2n) is 6.26. The highest BCUT2D eigenvalue weighted by molar-refractivity contribution is 7.89. The third-order valence-electron chi connectivity index (χ3n) is 3.97. The zero-order chi connectivity index (χ0) is 19.4. The molecule has 3 rings (SSSR count). The molecule has 0 bridgehead atoms. The molecule has 1 amide bonds. The van der Waals surface area contributed by atoms with E-state index < -0.39 is 15.8 Å². The summed E-state index contributed by atoms with van der Waals surface area (Å²) < 4.78 is 39.9. The number of carbonyl (C=O) groups excluding carboxylic acids is 1. The van der Waals surface area contributed by atoms with Gasteiger partial charge in [0.25, 0.3) is 0 Å². The Kier molecular flexibility index (Phi) is 5.94. The summed E-state index contributed by atoms with van der Waals surface area (Å²) in [7, 11) is -3.48. The highest BCUT2D eigenvalue weighted by atomic mass is 35.5. The summed E-state index contributed by atoms with van der Waals surface area (Å²) in [5.41, 5.74) is 1.38. The van der Waals surface area contributed by atoms with Crippen LogP contribution in [0.2, 0.25) is 5.02 Å². The van der Waals surface area contributed by atoms with Crippen molar-refractivity contribution < 1.29 is 17.6 Å². The number of benzene rings is 2. The first kappa shape index (κ1) is 19.5. The predicted molar refractivity (Wildman–Crippen MR) is 102 cm³/mol.